The summed E-state index contributed by atoms with van der Waals surface area (Å²) in [6.45, 7) is 0.893. The second-order valence-electron chi connectivity index (χ2n) is 4.42. The normalized spacial score (nSPS) is 17.4. The Bertz CT molecular complexity index is 544. The maximum atomic E-state index is 4.19. The fourth-order valence-corrected chi connectivity index (χ4v) is 2.31. The van der Waals surface area contributed by atoms with E-state index in [1.54, 1.807) is 0 Å². The summed E-state index contributed by atoms with van der Waals surface area (Å²) < 4.78 is 0. The van der Waals surface area contributed by atoms with Crippen LogP contribution in [0.2, 0.25) is 0 Å². The molecular weight excluding hydrogens is 293 g/mol. The number of hydrogen-bond acceptors (Lipinski definition) is 3. The van der Waals surface area contributed by atoms with Crippen molar-refractivity contribution in [3.63, 3.8) is 0 Å². The van der Waals surface area contributed by atoms with Gasteiger partial charge in [-0.15, -0.1) is 24.8 Å². The van der Waals surface area contributed by atoms with Gasteiger partial charge in [-0.3, -0.25) is 9.97 Å². The SMILES string of the molecule is C1=C(c2cccnc2)CC(c2cccnc2)NC1.Cl.Cl. The van der Waals surface area contributed by atoms with Crippen LogP contribution in [0.4, 0.5) is 0 Å². The number of pyridine rings is 2. The van der Waals surface area contributed by atoms with Gasteiger partial charge in [0.2, 0.25) is 0 Å². The van der Waals surface area contributed by atoms with Crippen LogP contribution < -0.4 is 5.32 Å². The minimum absolute atomic E-state index is 0. The molecule has 106 valence electrons. The lowest BCUT2D eigenvalue weighted by atomic mass is 9.93. The van der Waals surface area contributed by atoms with Crippen molar-refractivity contribution in [1.82, 2.24) is 15.3 Å². The van der Waals surface area contributed by atoms with Gasteiger partial charge in [-0.25, -0.2) is 0 Å². The molecule has 1 unspecified atom stereocenters. The van der Waals surface area contributed by atoms with E-state index in [2.05, 4.69) is 33.5 Å². The maximum absolute atomic E-state index is 4.19. The Morgan fingerprint density at radius 3 is 2.40 bits per heavy atom. The third-order valence-electron chi connectivity index (χ3n) is 3.26. The number of halogens is 2. The Kier molecular flexibility index (Phi) is 6.65. The van der Waals surface area contributed by atoms with E-state index in [9.17, 15) is 0 Å². The van der Waals surface area contributed by atoms with Crippen LogP contribution in [-0.2, 0) is 0 Å². The summed E-state index contributed by atoms with van der Waals surface area (Å²) in [7, 11) is 0. The standard InChI is InChI=1S/C15H15N3.2ClH/c1-3-13(10-16-6-1)12-5-8-18-15(9-12)14-4-2-7-17-11-14;;/h1-7,10-11,15,18H,8-9H2;2*1H. The Labute approximate surface area is 131 Å². The van der Waals surface area contributed by atoms with Gasteiger partial charge in [0.1, 0.15) is 0 Å². The second kappa shape index (κ2) is 8.00. The fraction of sp³-hybridized carbons (Fsp3) is 0.200. The third-order valence-corrected chi connectivity index (χ3v) is 3.26. The van der Waals surface area contributed by atoms with E-state index < -0.39 is 0 Å². The monoisotopic (exact) mass is 309 g/mol. The van der Waals surface area contributed by atoms with Gasteiger partial charge in [0, 0.05) is 37.4 Å². The lowest BCUT2D eigenvalue weighted by Gasteiger charge is -2.24. The molecule has 2 aromatic heterocycles. The molecule has 3 heterocycles. The van der Waals surface area contributed by atoms with Gasteiger partial charge in [-0.05, 0) is 35.3 Å². The summed E-state index contributed by atoms with van der Waals surface area (Å²) in [5, 5.41) is 3.50. The average Bonchev–Trinajstić information content (AvgIpc) is 2.49. The largest absolute Gasteiger partial charge is 0.306 e. The number of rotatable bonds is 2. The zero-order chi connectivity index (χ0) is 12.2. The molecule has 0 saturated carbocycles. The minimum Gasteiger partial charge on any atom is -0.306 e. The first-order valence-corrected chi connectivity index (χ1v) is 6.16. The maximum Gasteiger partial charge on any atom is 0.0378 e. The van der Waals surface area contributed by atoms with Crippen LogP contribution >= 0.6 is 24.8 Å². The van der Waals surface area contributed by atoms with Gasteiger partial charge in [0.25, 0.3) is 0 Å². The Hall–Kier alpha value is -1.42. The Morgan fingerprint density at radius 1 is 1.00 bits per heavy atom. The molecule has 0 radical (unpaired) electrons. The highest BCUT2D eigenvalue weighted by Crippen LogP contribution is 2.29. The first-order chi connectivity index (χ1) is 8.93. The Balaban J connectivity index is 0.000001000. The highest BCUT2D eigenvalue weighted by Gasteiger charge is 2.17. The van der Waals surface area contributed by atoms with E-state index in [0.717, 1.165) is 13.0 Å². The predicted molar refractivity (Wildman–Crippen MR) is 86.3 cm³/mol. The van der Waals surface area contributed by atoms with Crippen molar-refractivity contribution in [2.24, 2.45) is 0 Å². The molecule has 0 aliphatic carbocycles. The van der Waals surface area contributed by atoms with E-state index in [-0.39, 0.29) is 24.8 Å². The van der Waals surface area contributed by atoms with Crippen LogP contribution in [0.25, 0.3) is 5.57 Å². The van der Waals surface area contributed by atoms with Gasteiger partial charge in [0.05, 0.1) is 0 Å². The van der Waals surface area contributed by atoms with E-state index in [1.165, 1.54) is 16.7 Å². The zero-order valence-corrected chi connectivity index (χ0v) is 12.5. The van der Waals surface area contributed by atoms with E-state index in [1.807, 2.05) is 36.9 Å². The molecule has 20 heavy (non-hydrogen) atoms. The topological polar surface area (TPSA) is 37.8 Å². The van der Waals surface area contributed by atoms with Gasteiger partial charge >= 0.3 is 0 Å². The lowest BCUT2D eigenvalue weighted by molar-refractivity contribution is 0.562. The molecule has 1 aliphatic rings. The van der Waals surface area contributed by atoms with Gasteiger partial charge in [0.15, 0.2) is 0 Å². The van der Waals surface area contributed by atoms with Crippen molar-refractivity contribution in [3.8, 4) is 0 Å². The van der Waals surface area contributed by atoms with Crippen LogP contribution in [-0.4, -0.2) is 16.5 Å². The van der Waals surface area contributed by atoms with Crippen LogP contribution in [0.5, 0.6) is 0 Å². The summed E-state index contributed by atoms with van der Waals surface area (Å²) >= 11 is 0. The van der Waals surface area contributed by atoms with Crippen molar-refractivity contribution in [2.45, 2.75) is 12.5 Å². The molecule has 1 aliphatic heterocycles. The van der Waals surface area contributed by atoms with Crippen LogP contribution in [0.3, 0.4) is 0 Å². The fourth-order valence-electron chi connectivity index (χ4n) is 2.31. The summed E-state index contributed by atoms with van der Waals surface area (Å²) in [6, 6.07) is 8.55. The van der Waals surface area contributed by atoms with Crippen molar-refractivity contribution in [2.75, 3.05) is 6.54 Å². The summed E-state index contributed by atoms with van der Waals surface area (Å²) in [4.78, 5) is 8.37. The molecule has 0 spiro atoms. The van der Waals surface area contributed by atoms with Gasteiger partial charge in [-0.1, -0.05) is 18.2 Å². The number of aromatic nitrogens is 2. The zero-order valence-electron chi connectivity index (χ0n) is 10.9. The Morgan fingerprint density at radius 2 is 1.75 bits per heavy atom. The molecule has 1 N–H and O–H groups in total. The molecule has 3 rings (SSSR count). The van der Waals surface area contributed by atoms with Crippen molar-refractivity contribution in [1.29, 1.82) is 0 Å². The summed E-state index contributed by atoms with van der Waals surface area (Å²) in [6.07, 6.45) is 10.7. The number of nitrogens with one attached hydrogen (secondary N) is 1. The van der Waals surface area contributed by atoms with Crippen molar-refractivity contribution < 1.29 is 0 Å². The summed E-state index contributed by atoms with van der Waals surface area (Å²) in [5.41, 5.74) is 3.82. The van der Waals surface area contributed by atoms with Gasteiger partial charge in [-0.2, -0.15) is 0 Å². The highest BCUT2D eigenvalue weighted by atomic mass is 35.5. The molecular formula is C15H17Cl2N3. The average molecular weight is 310 g/mol. The predicted octanol–water partition coefficient (Wildman–Crippen LogP) is 3.44. The van der Waals surface area contributed by atoms with Crippen molar-refractivity contribution in [3.05, 3.63) is 66.3 Å². The van der Waals surface area contributed by atoms with Crippen LogP contribution in [0.1, 0.15) is 23.6 Å². The molecule has 0 fully saturated rings. The van der Waals surface area contributed by atoms with Crippen LogP contribution in [0, 0.1) is 0 Å². The molecule has 5 heteroatoms. The molecule has 0 saturated heterocycles. The van der Waals surface area contributed by atoms with Crippen molar-refractivity contribution >= 4 is 30.4 Å². The van der Waals surface area contributed by atoms with Crippen LogP contribution in [0.15, 0.2) is 55.1 Å². The molecule has 3 nitrogen and oxygen atoms in total. The molecule has 1 atom stereocenters. The summed E-state index contributed by atoms with van der Waals surface area (Å²) in [5.74, 6) is 0. The smallest absolute Gasteiger partial charge is 0.0378 e. The lowest BCUT2D eigenvalue weighted by Crippen LogP contribution is -2.25. The first kappa shape index (κ1) is 16.6. The van der Waals surface area contributed by atoms with E-state index in [0.29, 0.717) is 6.04 Å². The number of nitrogens with zero attached hydrogens (tertiary/aromatic N) is 2. The quantitative estimate of drug-likeness (QED) is 0.923. The number of hydrogen-bond donors (Lipinski definition) is 1. The van der Waals surface area contributed by atoms with E-state index >= 15 is 0 Å². The van der Waals surface area contributed by atoms with Gasteiger partial charge < -0.3 is 5.32 Å². The van der Waals surface area contributed by atoms with E-state index in [4.69, 9.17) is 0 Å². The minimum atomic E-state index is 0. The molecule has 0 aromatic carbocycles. The second-order valence-corrected chi connectivity index (χ2v) is 4.42. The first-order valence-electron chi connectivity index (χ1n) is 6.16. The third kappa shape index (κ3) is 3.79. The molecule has 0 bridgehead atoms. The molecule has 0 amide bonds. The highest BCUT2D eigenvalue weighted by molar-refractivity contribution is 5.85. The molecule has 2 aromatic rings.